The second-order valence-corrected chi connectivity index (χ2v) is 5.83. The first-order valence-electron chi connectivity index (χ1n) is 4.06. The molecule has 5 nitrogen and oxygen atoms in total. The van der Waals surface area contributed by atoms with E-state index < -0.39 is 8.80 Å². The van der Waals surface area contributed by atoms with Gasteiger partial charge >= 0.3 is 14.8 Å². The molecule has 0 aliphatic carbocycles. The lowest BCUT2D eigenvalue weighted by molar-refractivity contribution is -0.140. The highest BCUT2D eigenvalue weighted by Crippen LogP contribution is 2.12. The van der Waals surface area contributed by atoms with Crippen LogP contribution in [0.4, 0.5) is 0 Å². The van der Waals surface area contributed by atoms with Gasteiger partial charge in [-0.1, -0.05) is 0 Å². The van der Waals surface area contributed by atoms with Crippen LogP contribution < -0.4 is 0 Å². The van der Waals surface area contributed by atoms with Crippen molar-refractivity contribution in [2.45, 2.75) is 6.04 Å². The van der Waals surface area contributed by atoms with Gasteiger partial charge < -0.3 is 18.0 Å². The van der Waals surface area contributed by atoms with E-state index in [1.165, 1.54) is 21.3 Å². The molecule has 0 amide bonds. The maximum atomic E-state index is 10.8. The van der Waals surface area contributed by atoms with Crippen LogP contribution in [0.1, 0.15) is 0 Å². The summed E-state index contributed by atoms with van der Waals surface area (Å²) in [5, 5.41) is 0. The molecule has 84 valence electrons. The summed E-state index contributed by atoms with van der Waals surface area (Å²) in [6.07, 6.45) is 0. The zero-order chi connectivity index (χ0) is 11.0. The summed E-state index contributed by atoms with van der Waals surface area (Å²) in [6.45, 7) is 0.223. The quantitative estimate of drug-likeness (QED) is 0.395. The number of thiol groups is 1. The zero-order valence-electron chi connectivity index (χ0n) is 8.61. The first kappa shape index (κ1) is 13.9. The molecule has 0 saturated carbocycles. The maximum Gasteiger partial charge on any atom is 0.503 e. The van der Waals surface area contributed by atoms with Crippen LogP contribution in [0, 0.1) is 0 Å². The van der Waals surface area contributed by atoms with Gasteiger partial charge in [0, 0.05) is 21.3 Å². The highest BCUT2D eigenvalue weighted by molar-refractivity contribution is 7.81. The monoisotopic (exact) mass is 240 g/mol. The average Bonchev–Trinajstić information content (AvgIpc) is 2.25. The molecule has 0 radical (unpaired) electrons. The average molecular weight is 240 g/mol. The van der Waals surface area contributed by atoms with Gasteiger partial charge in [-0.15, -0.1) is 0 Å². The number of hydrogen-bond acceptors (Lipinski definition) is 6. The van der Waals surface area contributed by atoms with E-state index >= 15 is 0 Å². The molecule has 14 heavy (non-hydrogen) atoms. The summed E-state index contributed by atoms with van der Waals surface area (Å²) in [5.74, 6) is -0.291. The van der Waals surface area contributed by atoms with Crippen molar-refractivity contribution in [1.82, 2.24) is 0 Å². The standard InChI is InChI=1S/C7H16O5SSi/c1-9-14(10-2,11-3)5-4-12-7(8)6-13/h13H,4-6H2,1-3H3. The van der Waals surface area contributed by atoms with E-state index in [0.717, 1.165) is 0 Å². The summed E-state index contributed by atoms with van der Waals surface area (Å²) in [6, 6.07) is 0.440. The Morgan fingerprint density at radius 2 is 1.71 bits per heavy atom. The molecule has 0 aromatic rings. The van der Waals surface area contributed by atoms with E-state index in [-0.39, 0.29) is 18.3 Å². The molecule has 0 heterocycles. The zero-order valence-corrected chi connectivity index (χ0v) is 10.5. The molecule has 0 bridgehead atoms. The van der Waals surface area contributed by atoms with E-state index in [1.54, 1.807) is 0 Å². The van der Waals surface area contributed by atoms with E-state index in [4.69, 9.17) is 18.0 Å². The number of carbonyl (C=O) groups is 1. The molecule has 0 saturated heterocycles. The number of rotatable bonds is 7. The van der Waals surface area contributed by atoms with Crippen LogP contribution in [0.5, 0.6) is 0 Å². The third-order valence-corrected chi connectivity index (χ3v) is 4.67. The van der Waals surface area contributed by atoms with Gasteiger partial charge in [-0.3, -0.25) is 4.79 Å². The molecule has 0 aliphatic rings. The second kappa shape index (κ2) is 7.24. The SMILES string of the molecule is CO[Si](CCOC(=O)CS)(OC)OC. The highest BCUT2D eigenvalue weighted by atomic mass is 32.1. The van der Waals surface area contributed by atoms with Crippen LogP contribution in [-0.4, -0.2) is 48.5 Å². The predicted octanol–water partition coefficient (Wildman–Crippen LogP) is 0.337. The molecule has 0 unspecified atom stereocenters. The lowest BCUT2D eigenvalue weighted by Gasteiger charge is -2.23. The van der Waals surface area contributed by atoms with E-state index in [0.29, 0.717) is 6.04 Å². The van der Waals surface area contributed by atoms with Crippen LogP contribution in [-0.2, 0) is 22.8 Å². The molecular formula is C7H16O5SSi. The Kier molecular flexibility index (Phi) is 7.20. The summed E-state index contributed by atoms with van der Waals surface area (Å²) < 4.78 is 20.2. The van der Waals surface area contributed by atoms with Crippen LogP contribution in [0.2, 0.25) is 6.04 Å². The maximum absolute atomic E-state index is 10.8. The summed E-state index contributed by atoms with van der Waals surface area (Å²) in [7, 11) is 1.94. The Morgan fingerprint density at radius 1 is 1.21 bits per heavy atom. The molecule has 0 N–H and O–H groups in total. The van der Waals surface area contributed by atoms with E-state index in [1.807, 2.05) is 0 Å². The molecule has 0 aliphatic heterocycles. The number of ether oxygens (including phenoxy) is 1. The van der Waals surface area contributed by atoms with E-state index in [9.17, 15) is 4.79 Å². The fraction of sp³-hybridized carbons (Fsp3) is 0.857. The summed E-state index contributed by atoms with van der Waals surface area (Å²) in [5.41, 5.74) is 0. The van der Waals surface area contributed by atoms with Gasteiger partial charge in [0.2, 0.25) is 0 Å². The van der Waals surface area contributed by atoms with Crippen molar-refractivity contribution in [2.75, 3.05) is 33.7 Å². The molecule has 0 atom stereocenters. The van der Waals surface area contributed by atoms with Crippen molar-refractivity contribution in [3.05, 3.63) is 0 Å². The lowest BCUT2D eigenvalue weighted by Crippen LogP contribution is -2.43. The van der Waals surface area contributed by atoms with Crippen LogP contribution in [0.3, 0.4) is 0 Å². The lowest BCUT2D eigenvalue weighted by atomic mass is 10.8. The van der Waals surface area contributed by atoms with Gasteiger partial charge in [0.15, 0.2) is 0 Å². The van der Waals surface area contributed by atoms with Crippen LogP contribution in [0.15, 0.2) is 0 Å². The smallest absolute Gasteiger partial charge is 0.465 e. The van der Waals surface area contributed by atoms with Crippen molar-refractivity contribution >= 4 is 27.4 Å². The predicted molar refractivity (Wildman–Crippen MR) is 56.4 cm³/mol. The van der Waals surface area contributed by atoms with Gasteiger partial charge in [0.1, 0.15) is 0 Å². The Hall–Kier alpha value is -0.0831. The minimum Gasteiger partial charge on any atom is -0.465 e. The van der Waals surface area contributed by atoms with Gasteiger partial charge in [0.25, 0.3) is 0 Å². The Morgan fingerprint density at radius 3 is 2.07 bits per heavy atom. The van der Waals surface area contributed by atoms with Crippen molar-refractivity contribution < 1.29 is 22.8 Å². The van der Waals surface area contributed by atoms with Crippen molar-refractivity contribution in [2.24, 2.45) is 0 Å². The van der Waals surface area contributed by atoms with Crippen LogP contribution in [0.25, 0.3) is 0 Å². The van der Waals surface area contributed by atoms with Gasteiger partial charge in [-0.25, -0.2) is 0 Å². The van der Waals surface area contributed by atoms with Gasteiger partial charge in [-0.2, -0.15) is 12.6 Å². The molecular weight excluding hydrogens is 224 g/mol. The van der Waals surface area contributed by atoms with Gasteiger partial charge in [0.05, 0.1) is 18.4 Å². The van der Waals surface area contributed by atoms with Crippen LogP contribution >= 0.6 is 12.6 Å². The number of esters is 1. The minimum atomic E-state index is -2.60. The van der Waals surface area contributed by atoms with Gasteiger partial charge in [-0.05, 0) is 0 Å². The normalized spacial score (nSPS) is 11.4. The van der Waals surface area contributed by atoms with Crippen molar-refractivity contribution in [1.29, 1.82) is 0 Å². The molecule has 0 fully saturated rings. The fourth-order valence-corrected chi connectivity index (χ4v) is 2.45. The minimum absolute atomic E-state index is 0.0709. The van der Waals surface area contributed by atoms with E-state index in [2.05, 4.69) is 12.6 Å². The molecule has 0 rings (SSSR count). The van der Waals surface area contributed by atoms with Crippen molar-refractivity contribution in [3.63, 3.8) is 0 Å². The third kappa shape index (κ3) is 4.42. The fourth-order valence-electron chi connectivity index (χ4n) is 0.892. The molecule has 0 aromatic heterocycles. The summed E-state index contributed by atoms with van der Waals surface area (Å²) in [4.78, 5) is 10.8. The molecule has 0 spiro atoms. The highest BCUT2D eigenvalue weighted by Gasteiger charge is 2.37. The third-order valence-electron chi connectivity index (χ3n) is 1.73. The molecule has 0 aromatic carbocycles. The topological polar surface area (TPSA) is 54.0 Å². The first-order chi connectivity index (χ1) is 6.64. The summed E-state index contributed by atoms with van der Waals surface area (Å²) >= 11 is 3.77. The Labute approximate surface area is 90.5 Å². The molecule has 7 heteroatoms. The first-order valence-corrected chi connectivity index (χ1v) is 6.62. The number of carbonyl (C=O) groups excluding carboxylic acids is 1. The second-order valence-electron chi connectivity index (χ2n) is 2.42. The Balaban J connectivity index is 3.88. The number of hydrogen-bond donors (Lipinski definition) is 1. The largest absolute Gasteiger partial charge is 0.503 e. The van der Waals surface area contributed by atoms with Crippen molar-refractivity contribution in [3.8, 4) is 0 Å². The Bertz CT molecular complexity index is 165.